The van der Waals surface area contributed by atoms with Gasteiger partial charge in [-0.05, 0) is 172 Å². The zero-order valence-electron chi connectivity index (χ0n) is 46.7. The number of ether oxygens (including phenoxy) is 2. The highest BCUT2D eigenvalue weighted by molar-refractivity contribution is 7.90. The third-order valence-electron chi connectivity index (χ3n) is 15.3. The highest BCUT2D eigenvalue weighted by Gasteiger charge is 2.44. The number of fused-ring (bicyclic) bond motifs is 1. The molecule has 3 amide bonds. The summed E-state index contributed by atoms with van der Waals surface area (Å²) in [6, 6.07) is 25.9. The number of hydrogen-bond donors (Lipinski definition) is 5. The molecule has 3 aliphatic rings. The van der Waals surface area contributed by atoms with Crippen LogP contribution in [0, 0.1) is 27.7 Å². The zero-order valence-corrected chi connectivity index (χ0v) is 47.5. The van der Waals surface area contributed by atoms with Gasteiger partial charge in [-0.3, -0.25) is 24.7 Å². The molecule has 0 aromatic heterocycles. The van der Waals surface area contributed by atoms with Crippen molar-refractivity contribution in [3.63, 3.8) is 0 Å². The number of carbonyl (C=O) groups excluding carboxylic acids is 4. The predicted molar refractivity (Wildman–Crippen MR) is 301 cm³/mol. The van der Waals surface area contributed by atoms with Crippen molar-refractivity contribution in [2.75, 3.05) is 26.2 Å². The number of carbonyl (C=O) groups is 4. The first-order valence-electron chi connectivity index (χ1n) is 27.4. The van der Waals surface area contributed by atoms with Gasteiger partial charge < -0.3 is 36.1 Å². The molecule has 77 heavy (non-hydrogen) atoms. The first kappa shape index (κ1) is 58.4. The van der Waals surface area contributed by atoms with Crippen LogP contribution in [0.4, 0.5) is 0 Å². The number of aryl methyl sites for hydroxylation is 1. The molecule has 4 aromatic carbocycles. The summed E-state index contributed by atoms with van der Waals surface area (Å²) in [5, 5.41) is 6.78. The van der Waals surface area contributed by atoms with Gasteiger partial charge in [-0.1, -0.05) is 96.9 Å². The van der Waals surface area contributed by atoms with Crippen LogP contribution >= 0.6 is 0 Å². The van der Waals surface area contributed by atoms with E-state index in [0.717, 1.165) is 46.4 Å². The van der Waals surface area contributed by atoms with Gasteiger partial charge in [0.15, 0.2) is 0 Å². The molecule has 416 valence electrons. The van der Waals surface area contributed by atoms with E-state index in [2.05, 4.69) is 100 Å². The van der Waals surface area contributed by atoms with Gasteiger partial charge >= 0.3 is 5.97 Å². The number of amides is 3. The van der Waals surface area contributed by atoms with Crippen LogP contribution in [0.1, 0.15) is 143 Å². The lowest BCUT2D eigenvalue weighted by Gasteiger charge is -2.37. The van der Waals surface area contributed by atoms with Crippen LogP contribution in [0.5, 0.6) is 5.75 Å². The van der Waals surface area contributed by atoms with Crippen LogP contribution in [-0.4, -0.2) is 109 Å². The number of nitrogens with one attached hydrogen (secondary N) is 3. The summed E-state index contributed by atoms with van der Waals surface area (Å²) in [5.74, 6) is -1.35. The lowest BCUT2D eigenvalue weighted by atomic mass is 9.76. The third kappa shape index (κ3) is 13.7. The Labute approximate surface area is 456 Å². The summed E-state index contributed by atoms with van der Waals surface area (Å²) < 4.78 is 42.1. The second kappa shape index (κ2) is 24.6. The van der Waals surface area contributed by atoms with Gasteiger partial charge in [-0.2, -0.15) is 0 Å². The van der Waals surface area contributed by atoms with E-state index in [4.69, 9.17) is 20.9 Å². The summed E-state index contributed by atoms with van der Waals surface area (Å²) in [6.45, 7) is 18.1. The van der Waals surface area contributed by atoms with Crippen molar-refractivity contribution in [3.8, 4) is 5.75 Å². The first-order valence-corrected chi connectivity index (χ1v) is 28.9. The van der Waals surface area contributed by atoms with Crippen LogP contribution in [0.15, 0.2) is 94.8 Å². The topological polar surface area (TPSA) is 228 Å². The Balaban J connectivity index is 0.945. The van der Waals surface area contributed by atoms with Crippen molar-refractivity contribution in [2.45, 2.75) is 179 Å². The Morgan fingerprint density at radius 1 is 0.792 bits per heavy atom. The Kier molecular flexibility index (Phi) is 18.6. The minimum absolute atomic E-state index is 0.0312. The van der Waals surface area contributed by atoms with Crippen LogP contribution in [0.2, 0.25) is 0 Å². The summed E-state index contributed by atoms with van der Waals surface area (Å²) in [4.78, 5) is 63.8. The summed E-state index contributed by atoms with van der Waals surface area (Å²) in [6.07, 6.45) is 5.61. The number of sulfonamides is 1. The normalized spacial score (nSPS) is 18.5. The number of unbranched alkanes of at least 4 members (excludes halogenated alkanes) is 1. The smallest absolute Gasteiger partial charge is 0.329 e. The minimum atomic E-state index is -4.14. The molecule has 0 saturated carbocycles. The fraction of sp³-hybridized carbons (Fsp3) is 0.517. The van der Waals surface area contributed by atoms with Gasteiger partial charge in [0.2, 0.25) is 23.7 Å². The average molecular weight is 1080 g/mol. The van der Waals surface area contributed by atoms with E-state index >= 15 is 0 Å². The number of rotatable bonds is 20. The number of likely N-dealkylation sites (tertiary alicyclic amines) is 2. The maximum atomic E-state index is 14.4. The molecular weight excluding hydrogens is 993 g/mol. The average Bonchev–Trinajstić information content (AvgIpc) is 4.11. The Bertz CT molecular complexity index is 2850. The monoisotopic (exact) mass is 1070 g/mol. The molecule has 0 radical (unpaired) electrons. The number of aliphatic imine (C=N–C) groups is 1. The Hall–Kier alpha value is -6.30. The van der Waals surface area contributed by atoms with E-state index in [1.165, 1.54) is 10.5 Å². The molecule has 0 spiro atoms. The molecule has 2 saturated heterocycles. The van der Waals surface area contributed by atoms with Crippen molar-refractivity contribution in [1.82, 2.24) is 25.2 Å². The first-order chi connectivity index (χ1) is 36.4. The van der Waals surface area contributed by atoms with Crippen molar-refractivity contribution < 1.29 is 37.1 Å². The van der Waals surface area contributed by atoms with Gasteiger partial charge in [-0.15, -0.1) is 0 Å². The molecular formula is C60H82N8O8S. The van der Waals surface area contributed by atoms with Crippen LogP contribution in [-0.2, 0) is 45.9 Å². The lowest BCUT2D eigenvalue weighted by molar-refractivity contribution is -0.159. The predicted octanol–water partition coefficient (Wildman–Crippen LogP) is 7.28. The molecule has 17 heteroatoms. The van der Waals surface area contributed by atoms with Crippen LogP contribution in [0.3, 0.4) is 0 Å². The lowest BCUT2D eigenvalue weighted by Crippen LogP contribution is -2.56. The molecule has 0 bridgehead atoms. The fourth-order valence-corrected chi connectivity index (χ4v) is 12.8. The summed E-state index contributed by atoms with van der Waals surface area (Å²) in [5.41, 5.74) is 18.3. The van der Waals surface area contributed by atoms with E-state index in [1.54, 1.807) is 39.5 Å². The van der Waals surface area contributed by atoms with E-state index in [0.29, 0.717) is 75.7 Å². The third-order valence-corrected chi connectivity index (χ3v) is 16.9. The molecule has 4 unspecified atom stereocenters. The minimum Gasteiger partial charge on any atom is -0.487 e. The van der Waals surface area contributed by atoms with Gasteiger partial charge in [0.1, 0.15) is 35.1 Å². The molecule has 4 atom stereocenters. The quantitative estimate of drug-likeness (QED) is 0.0194. The molecule has 7 rings (SSSR count). The number of benzene rings is 4. The van der Waals surface area contributed by atoms with Gasteiger partial charge in [0, 0.05) is 19.6 Å². The molecule has 3 heterocycles. The Morgan fingerprint density at radius 2 is 1.39 bits per heavy atom. The molecule has 4 aromatic rings. The molecule has 3 aliphatic heterocycles. The molecule has 2 fully saturated rings. The highest BCUT2D eigenvalue weighted by atomic mass is 32.2. The molecule has 7 N–H and O–H groups in total. The summed E-state index contributed by atoms with van der Waals surface area (Å²) in [7, 11) is -4.14. The maximum absolute atomic E-state index is 14.4. The maximum Gasteiger partial charge on any atom is 0.329 e. The second-order valence-electron chi connectivity index (χ2n) is 22.7. The van der Waals surface area contributed by atoms with Crippen molar-refractivity contribution in [2.24, 2.45) is 16.5 Å². The number of nitrogens with zero attached hydrogens (tertiary/aromatic N) is 3. The second-order valence-corrected chi connectivity index (χ2v) is 24.4. The molecule has 16 nitrogen and oxygen atoms in total. The van der Waals surface area contributed by atoms with Crippen molar-refractivity contribution >= 4 is 39.7 Å². The van der Waals surface area contributed by atoms with E-state index in [1.807, 2.05) is 32.9 Å². The van der Waals surface area contributed by atoms with Crippen molar-refractivity contribution in [3.05, 3.63) is 129 Å². The van der Waals surface area contributed by atoms with Gasteiger partial charge in [0.05, 0.1) is 16.5 Å². The van der Waals surface area contributed by atoms with E-state index in [-0.39, 0.29) is 47.7 Å². The zero-order chi connectivity index (χ0) is 55.9. The molecule has 0 aliphatic carbocycles. The largest absolute Gasteiger partial charge is 0.487 e. The SMILES string of the molecule is Cc1ccc(C(NCCCCC(N)C(=O)N2CCCC2C(=O)N2CCCC2C(=O)NC(CCCN=C(N)NS(=O)(=O)c2c(C)c(C)c3c(c2C)CCC(C)(C)O3)C(=O)OC(C)(C)C)(c2ccccc2)c2ccccc2)cc1. The number of guanidine groups is 1. The number of nitrogens with two attached hydrogens (primary N) is 2. The van der Waals surface area contributed by atoms with Crippen molar-refractivity contribution in [1.29, 1.82) is 0 Å². The van der Waals surface area contributed by atoms with Crippen LogP contribution < -0.4 is 31.6 Å². The van der Waals surface area contributed by atoms with Crippen LogP contribution in [0.25, 0.3) is 0 Å². The summed E-state index contributed by atoms with van der Waals surface area (Å²) >= 11 is 0. The van der Waals surface area contributed by atoms with E-state index in [9.17, 15) is 27.6 Å². The van der Waals surface area contributed by atoms with Gasteiger partial charge in [-0.25, -0.2) is 17.9 Å². The van der Waals surface area contributed by atoms with Gasteiger partial charge in [0.25, 0.3) is 10.0 Å². The highest BCUT2D eigenvalue weighted by Crippen LogP contribution is 2.42. The number of esters is 1. The number of hydrogen-bond acceptors (Lipinski definition) is 11. The van der Waals surface area contributed by atoms with E-state index < -0.39 is 57.2 Å². The standard InChI is InChI=1S/C60H82N8O8S/c1-39-29-31-45(32-30-39)60(43-21-12-10-13-22-43,44-23-14-11-15-24-44)64-36-17-16-25-47(61)54(70)68-38-20-28-50(68)55(71)67-37-19-27-49(67)53(69)65-48(56(72)76-58(5,6)7)26-18-35-63-57(62)66-77(73,74)52-41(3)40(2)51-46(42(52)4)33-34-59(8,9)75-51/h10-15,21-24,29-32,47-50,64H,16-20,25-28,33-38,61H2,1-9H3,(H,65,69)(H3,62,63,66). The Morgan fingerprint density at radius 3 is 2.01 bits per heavy atom. The fourth-order valence-electron chi connectivity index (χ4n) is 11.2.